The lowest BCUT2D eigenvalue weighted by molar-refractivity contribution is 0.256. The van der Waals surface area contributed by atoms with E-state index in [0.29, 0.717) is 0 Å². The van der Waals surface area contributed by atoms with E-state index in [1.807, 2.05) is 0 Å². The molecule has 1 heterocycles. The first-order valence-corrected chi connectivity index (χ1v) is 8.19. The van der Waals surface area contributed by atoms with Gasteiger partial charge in [0.25, 0.3) is 0 Å². The van der Waals surface area contributed by atoms with Gasteiger partial charge < -0.3 is 10.8 Å². The second kappa shape index (κ2) is 6.20. The zero-order chi connectivity index (χ0) is 17.4. The molecule has 1 aromatic heterocycles. The minimum atomic E-state index is -4.35. The molecule has 1 aromatic carbocycles. The van der Waals surface area contributed by atoms with Crippen LogP contribution >= 0.6 is 23.2 Å². The number of carbonyl (C=O) groups is 1. The lowest BCUT2D eigenvalue weighted by atomic mass is 10.2. The van der Waals surface area contributed by atoms with Gasteiger partial charge in [0.1, 0.15) is 4.90 Å². The van der Waals surface area contributed by atoms with E-state index in [9.17, 15) is 18.3 Å². The zero-order valence-corrected chi connectivity index (χ0v) is 13.6. The van der Waals surface area contributed by atoms with Gasteiger partial charge in [0, 0.05) is 6.20 Å². The molecule has 0 bridgehead atoms. The second-order valence-corrected chi connectivity index (χ2v) is 6.54. The molecule has 122 valence electrons. The summed E-state index contributed by atoms with van der Waals surface area (Å²) >= 11 is 11.7. The quantitative estimate of drug-likeness (QED) is 0.702. The third-order valence-electron chi connectivity index (χ3n) is 2.79. The van der Waals surface area contributed by atoms with Gasteiger partial charge in [0.15, 0.2) is 10.9 Å². The largest absolute Gasteiger partial charge is 0.504 e. The van der Waals surface area contributed by atoms with Crippen LogP contribution in [0.15, 0.2) is 35.4 Å². The maximum atomic E-state index is 11.8. The number of aromatic nitrogens is 1. The summed E-state index contributed by atoms with van der Waals surface area (Å²) in [6.07, 6.45) is 1.38. The topological polar surface area (TPSA) is 140 Å². The number of sulfonamides is 1. The number of nitrogens with zero attached hydrogens (tertiary/aromatic N) is 2. The molecule has 11 heteroatoms. The molecule has 0 saturated heterocycles. The van der Waals surface area contributed by atoms with Crippen molar-refractivity contribution in [3.8, 4) is 5.75 Å². The van der Waals surface area contributed by atoms with Crippen molar-refractivity contribution in [2.45, 2.75) is 4.90 Å². The monoisotopic (exact) mass is 376 g/mol. The molecule has 0 aliphatic rings. The van der Waals surface area contributed by atoms with E-state index in [2.05, 4.69) is 4.98 Å². The van der Waals surface area contributed by atoms with Crippen LogP contribution in [0.4, 0.5) is 16.2 Å². The summed E-state index contributed by atoms with van der Waals surface area (Å²) in [6, 6.07) is 4.20. The maximum Gasteiger partial charge on any atom is 0.324 e. The van der Waals surface area contributed by atoms with Gasteiger partial charge in [-0.05, 0) is 24.3 Å². The Labute approximate surface area is 141 Å². The van der Waals surface area contributed by atoms with Crippen molar-refractivity contribution < 1.29 is 18.3 Å². The highest BCUT2D eigenvalue weighted by molar-refractivity contribution is 7.89. The fourth-order valence-electron chi connectivity index (χ4n) is 1.90. The first-order chi connectivity index (χ1) is 10.6. The number of primary amides is 1. The number of pyridine rings is 1. The number of benzene rings is 1. The Morgan fingerprint density at radius 3 is 2.39 bits per heavy atom. The van der Waals surface area contributed by atoms with Gasteiger partial charge in [-0.15, -0.1) is 0 Å². The van der Waals surface area contributed by atoms with Crippen molar-refractivity contribution in [3.63, 3.8) is 0 Å². The number of phenolic OH excluding ortho intramolecular Hbond substituents is 1. The Kier molecular flexibility index (Phi) is 4.66. The van der Waals surface area contributed by atoms with E-state index in [-0.39, 0.29) is 21.6 Å². The number of phenols is 1. The van der Waals surface area contributed by atoms with Gasteiger partial charge in [0.2, 0.25) is 10.0 Å². The minimum Gasteiger partial charge on any atom is -0.504 e. The summed E-state index contributed by atoms with van der Waals surface area (Å²) in [5.74, 6) is -0.835. The standard InChI is InChI=1S/C12H10Cl2N4O4S/c13-6-3-4-7(9(19)10(6)23(16,21)22)18(12(15)20)8-2-1-5-17-11(8)14/h1-5,19H,(H2,15,20)(H2,16,21,22). The number of aromatic hydroxyl groups is 1. The molecule has 0 saturated carbocycles. The summed E-state index contributed by atoms with van der Waals surface area (Å²) in [4.78, 5) is 15.6. The van der Waals surface area contributed by atoms with E-state index < -0.39 is 26.7 Å². The van der Waals surface area contributed by atoms with E-state index in [1.54, 1.807) is 0 Å². The molecule has 0 aliphatic heterocycles. The summed E-state index contributed by atoms with van der Waals surface area (Å²) in [5.41, 5.74) is 5.09. The predicted octanol–water partition coefficient (Wildman–Crippen LogP) is 1.96. The number of anilines is 2. The van der Waals surface area contributed by atoms with Crippen LogP contribution in [0.5, 0.6) is 5.75 Å². The molecule has 5 N–H and O–H groups in total. The molecule has 0 fully saturated rings. The van der Waals surface area contributed by atoms with Crippen LogP contribution in [0.1, 0.15) is 0 Å². The van der Waals surface area contributed by atoms with Gasteiger partial charge in [-0.2, -0.15) is 0 Å². The number of halogens is 2. The average molecular weight is 377 g/mol. The lowest BCUT2D eigenvalue weighted by Gasteiger charge is -2.23. The average Bonchev–Trinajstić information content (AvgIpc) is 2.41. The predicted molar refractivity (Wildman–Crippen MR) is 85.5 cm³/mol. The number of rotatable bonds is 3. The normalized spacial score (nSPS) is 11.3. The minimum absolute atomic E-state index is 0.0414. The van der Waals surface area contributed by atoms with Gasteiger partial charge >= 0.3 is 6.03 Å². The Morgan fingerprint density at radius 1 is 1.22 bits per heavy atom. The van der Waals surface area contributed by atoms with Gasteiger partial charge in [-0.25, -0.2) is 23.3 Å². The Morgan fingerprint density at radius 2 is 1.87 bits per heavy atom. The van der Waals surface area contributed by atoms with Crippen LogP contribution in [-0.4, -0.2) is 24.5 Å². The number of primary sulfonamides is 1. The number of urea groups is 1. The lowest BCUT2D eigenvalue weighted by Crippen LogP contribution is -2.32. The molecule has 0 spiro atoms. The van der Waals surface area contributed by atoms with Crippen LogP contribution in [0.25, 0.3) is 0 Å². The van der Waals surface area contributed by atoms with E-state index in [0.717, 1.165) is 11.0 Å². The Hall–Kier alpha value is -2.07. The van der Waals surface area contributed by atoms with E-state index in [4.69, 9.17) is 34.1 Å². The first-order valence-electron chi connectivity index (χ1n) is 5.89. The van der Waals surface area contributed by atoms with Crippen LogP contribution in [-0.2, 0) is 10.0 Å². The van der Waals surface area contributed by atoms with Crippen LogP contribution in [0.3, 0.4) is 0 Å². The molecule has 0 aliphatic carbocycles. The Bertz CT molecular complexity index is 889. The van der Waals surface area contributed by atoms with Gasteiger partial charge in [-0.3, -0.25) is 4.90 Å². The maximum absolute atomic E-state index is 11.8. The number of hydrogen-bond donors (Lipinski definition) is 3. The summed E-state index contributed by atoms with van der Waals surface area (Å²) in [6.45, 7) is 0. The van der Waals surface area contributed by atoms with Crippen molar-refractivity contribution in [2.24, 2.45) is 10.9 Å². The summed E-state index contributed by atoms with van der Waals surface area (Å²) in [7, 11) is -4.35. The van der Waals surface area contributed by atoms with Crippen molar-refractivity contribution in [2.75, 3.05) is 4.90 Å². The van der Waals surface area contributed by atoms with Gasteiger partial charge in [-0.1, -0.05) is 23.2 Å². The first kappa shape index (κ1) is 17.3. The van der Waals surface area contributed by atoms with Crippen molar-refractivity contribution in [3.05, 3.63) is 40.6 Å². The molecular weight excluding hydrogens is 367 g/mol. The molecule has 2 rings (SSSR count). The number of amides is 2. The van der Waals surface area contributed by atoms with Crippen LogP contribution in [0, 0.1) is 0 Å². The Balaban J connectivity index is 2.77. The highest BCUT2D eigenvalue weighted by Crippen LogP contribution is 2.41. The third kappa shape index (κ3) is 3.32. The smallest absolute Gasteiger partial charge is 0.324 e. The molecule has 8 nitrogen and oxygen atoms in total. The fraction of sp³-hybridized carbons (Fsp3) is 0. The third-order valence-corrected chi connectivity index (χ3v) is 4.49. The number of hydrogen-bond acceptors (Lipinski definition) is 5. The molecule has 0 atom stereocenters. The molecule has 2 aromatic rings. The zero-order valence-electron chi connectivity index (χ0n) is 11.3. The van der Waals surface area contributed by atoms with E-state index >= 15 is 0 Å². The van der Waals surface area contributed by atoms with Gasteiger partial charge in [0.05, 0.1) is 16.4 Å². The van der Waals surface area contributed by atoms with Crippen molar-refractivity contribution >= 4 is 50.6 Å². The second-order valence-electron chi connectivity index (χ2n) is 4.28. The van der Waals surface area contributed by atoms with Crippen molar-refractivity contribution in [1.82, 2.24) is 4.98 Å². The molecular formula is C12H10Cl2N4O4S. The molecule has 23 heavy (non-hydrogen) atoms. The summed E-state index contributed by atoms with van der Waals surface area (Å²) < 4.78 is 23.2. The molecule has 2 amide bonds. The fourth-order valence-corrected chi connectivity index (χ4v) is 3.29. The molecule has 0 radical (unpaired) electrons. The highest BCUT2D eigenvalue weighted by Gasteiger charge is 2.27. The van der Waals surface area contributed by atoms with Crippen molar-refractivity contribution in [1.29, 1.82) is 0 Å². The number of carbonyl (C=O) groups excluding carboxylic acids is 1. The van der Waals surface area contributed by atoms with Crippen LogP contribution in [0.2, 0.25) is 10.2 Å². The number of nitrogens with two attached hydrogens (primary N) is 2. The SMILES string of the molecule is NC(=O)N(c1cccnc1Cl)c1ccc(Cl)c(S(N)(=O)=O)c1O. The highest BCUT2D eigenvalue weighted by atomic mass is 35.5. The van der Waals surface area contributed by atoms with E-state index in [1.165, 1.54) is 24.4 Å². The molecule has 0 unspecified atom stereocenters. The summed E-state index contributed by atoms with van der Waals surface area (Å²) in [5, 5.41) is 14.9. The van der Waals surface area contributed by atoms with Crippen LogP contribution < -0.4 is 15.8 Å².